The molecular formula is C32H36F2N2O3S. The summed E-state index contributed by atoms with van der Waals surface area (Å²) < 4.78 is 30.5. The number of benzene rings is 1. The average Bonchev–Trinajstić information content (AvgIpc) is 3.45. The highest BCUT2D eigenvalue weighted by Crippen LogP contribution is 2.71. The Morgan fingerprint density at radius 2 is 1.98 bits per heavy atom. The van der Waals surface area contributed by atoms with Crippen molar-refractivity contribution in [3.8, 4) is 0 Å². The molecule has 0 unspecified atom stereocenters. The number of amides is 1. The van der Waals surface area contributed by atoms with Gasteiger partial charge in [-0.05, 0) is 86.1 Å². The highest BCUT2D eigenvalue weighted by atomic mass is 32.1. The summed E-state index contributed by atoms with van der Waals surface area (Å²) in [4.78, 5) is 29.5. The van der Waals surface area contributed by atoms with Crippen LogP contribution in [-0.4, -0.2) is 33.6 Å². The Morgan fingerprint density at radius 1 is 1.23 bits per heavy atom. The maximum absolute atomic E-state index is 17.4. The lowest BCUT2D eigenvalue weighted by Gasteiger charge is -2.62. The number of aliphatic hydroxyl groups is 1. The topological polar surface area (TPSA) is 79.3 Å². The molecule has 1 amide bonds. The number of allylic oxidation sites excluding steroid dienone is 4. The fourth-order valence-electron chi connectivity index (χ4n) is 8.78. The summed E-state index contributed by atoms with van der Waals surface area (Å²) in [5.41, 5.74) is -0.590. The van der Waals surface area contributed by atoms with Gasteiger partial charge >= 0.3 is 0 Å². The zero-order valence-corrected chi connectivity index (χ0v) is 23.9. The van der Waals surface area contributed by atoms with E-state index in [0.29, 0.717) is 30.8 Å². The summed E-state index contributed by atoms with van der Waals surface area (Å²) in [6.07, 6.45) is 6.77. The smallest absolute Gasteiger partial charge is 0.226 e. The number of halogens is 2. The number of aromatic nitrogens is 1. The van der Waals surface area contributed by atoms with E-state index in [1.807, 2.05) is 12.3 Å². The summed E-state index contributed by atoms with van der Waals surface area (Å²) in [6, 6.07) is 6.15. The summed E-state index contributed by atoms with van der Waals surface area (Å²) in [5, 5.41) is 17.0. The van der Waals surface area contributed by atoms with Crippen LogP contribution in [0.4, 0.5) is 13.9 Å². The number of nitrogens with one attached hydrogen (secondary N) is 1. The molecule has 212 valence electrons. The van der Waals surface area contributed by atoms with E-state index in [4.69, 9.17) is 4.98 Å². The molecule has 3 fully saturated rings. The third kappa shape index (κ3) is 4.13. The minimum atomic E-state index is -1.83. The molecule has 4 aliphatic carbocycles. The number of fused-ring (bicyclic) bond motifs is 5. The van der Waals surface area contributed by atoms with Crippen molar-refractivity contribution in [3.05, 3.63) is 70.5 Å². The van der Waals surface area contributed by atoms with Crippen molar-refractivity contribution in [3.63, 3.8) is 0 Å². The minimum Gasteiger partial charge on any atom is -0.390 e. The third-order valence-electron chi connectivity index (χ3n) is 10.6. The van der Waals surface area contributed by atoms with E-state index in [0.717, 1.165) is 23.3 Å². The number of aliphatic hydroxyl groups excluding tert-OH is 1. The standard InChI is InChI=1S/C32H36F2N2O3S/c1-18-14-24-23-10-7-20-15-22(37)12-13-31(20,3)32(23,34)26(38)16-30(24,2)28(18)25-17-40-29(35-25)36-27(39)11-6-19-4-8-21(33)9-5-19/h4-5,8-9,12-13,15,17-18,23-24,26,28,38H,6-7,10-11,14,16H2,1-3H3,(H,35,36,39)/t18-,23+,24+,26+,28-,30+,31+,32+/m1/s1. The number of carbonyl (C=O) groups excluding carboxylic acids is 2. The van der Waals surface area contributed by atoms with Crippen molar-refractivity contribution in [2.45, 2.75) is 77.0 Å². The van der Waals surface area contributed by atoms with Crippen LogP contribution >= 0.6 is 11.3 Å². The molecule has 8 atom stereocenters. The van der Waals surface area contributed by atoms with Gasteiger partial charge in [-0.1, -0.05) is 37.6 Å². The fourth-order valence-corrected chi connectivity index (χ4v) is 9.55. The molecule has 4 aliphatic rings. The SMILES string of the molecule is C[C@@H]1C[C@H]2[C@@H]3CCC4=CC(=O)C=C[C@]4(C)[C@@]3(F)[C@@H](O)C[C@]2(C)[C@H]1c1csc(NC(=O)CCc2ccc(F)cc2)n1. The van der Waals surface area contributed by atoms with Crippen LogP contribution in [-0.2, 0) is 16.0 Å². The number of thiazole rings is 1. The Hall–Kier alpha value is -2.71. The van der Waals surface area contributed by atoms with Crippen molar-refractivity contribution in [1.29, 1.82) is 0 Å². The van der Waals surface area contributed by atoms with E-state index in [1.54, 1.807) is 24.3 Å². The Balaban J connectivity index is 1.21. The number of carbonyl (C=O) groups is 2. The minimum absolute atomic E-state index is 0.0334. The second-order valence-electron chi connectivity index (χ2n) is 12.8. The molecule has 40 heavy (non-hydrogen) atoms. The number of nitrogens with zero attached hydrogens (tertiary/aromatic N) is 1. The van der Waals surface area contributed by atoms with E-state index >= 15 is 4.39 Å². The van der Waals surface area contributed by atoms with Gasteiger partial charge in [0.2, 0.25) is 5.91 Å². The first-order chi connectivity index (χ1) is 19.0. The predicted octanol–water partition coefficient (Wildman–Crippen LogP) is 6.55. The van der Waals surface area contributed by atoms with Crippen LogP contribution in [0.1, 0.15) is 70.1 Å². The summed E-state index contributed by atoms with van der Waals surface area (Å²) >= 11 is 1.39. The molecule has 2 aromatic rings. The second kappa shape index (κ2) is 9.69. The summed E-state index contributed by atoms with van der Waals surface area (Å²) in [6.45, 7) is 6.22. The molecule has 2 N–H and O–H groups in total. The number of anilines is 1. The molecular weight excluding hydrogens is 530 g/mol. The number of hydrogen-bond acceptors (Lipinski definition) is 5. The predicted molar refractivity (Wildman–Crippen MR) is 151 cm³/mol. The molecule has 6 rings (SSSR count). The highest BCUT2D eigenvalue weighted by Gasteiger charge is 2.71. The zero-order valence-electron chi connectivity index (χ0n) is 23.1. The van der Waals surface area contributed by atoms with Crippen molar-refractivity contribution in [1.82, 2.24) is 4.98 Å². The quantitative estimate of drug-likeness (QED) is 0.430. The van der Waals surface area contributed by atoms with E-state index in [2.05, 4.69) is 19.2 Å². The third-order valence-corrected chi connectivity index (χ3v) is 11.4. The molecule has 0 radical (unpaired) electrons. The lowest BCUT2D eigenvalue weighted by Crippen LogP contribution is -2.66. The number of rotatable bonds is 5. The maximum atomic E-state index is 17.4. The summed E-state index contributed by atoms with van der Waals surface area (Å²) in [5.74, 6) is -0.542. The lowest BCUT2D eigenvalue weighted by atomic mass is 9.45. The van der Waals surface area contributed by atoms with Gasteiger partial charge in [0.05, 0.1) is 11.8 Å². The molecule has 5 nitrogen and oxygen atoms in total. The van der Waals surface area contributed by atoms with Crippen LogP contribution < -0.4 is 5.32 Å². The van der Waals surface area contributed by atoms with Crippen LogP contribution in [0.3, 0.4) is 0 Å². The fraction of sp³-hybridized carbons (Fsp3) is 0.531. The molecule has 8 heteroatoms. The first-order valence-electron chi connectivity index (χ1n) is 14.3. The monoisotopic (exact) mass is 566 g/mol. The van der Waals surface area contributed by atoms with Gasteiger partial charge in [0.1, 0.15) is 5.82 Å². The van der Waals surface area contributed by atoms with Gasteiger partial charge in [0.15, 0.2) is 16.6 Å². The van der Waals surface area contributed by atoms with Gasteiger partial charge in [0, 0.05) is 29.1 Å². The van der Waals surface area contributed by atoms with Gasteiger partial charge in [0.25, 0.3) is 0 Å². The Morgan fingerprint density at radius 3 is 2.73 bits per heavy atom. The first kappa shape index (κ1) is 27.5. The Labute approximate surface area is 237 Å². The van der Waals surface area contributed by atoms with Gasteiger partial charge in [-0.25, -0.2) is 13.8 Å². The van der Waals surface area contributed by atoms with Crippen molar-refractivity contribution >= 4 is 28.2 Å². The van der Waals surface area contributed by atoms with Crippen LogP contribution in [0.2, 0.25) is 0 Å². The second-order valence-corrected chi connectivity index (χ2v) is 13.7. The van der Waals surface area contributed by atoms with E-state index in [9.17, 15) is 19.1 Å². The molecule has 0 aliphatic heterocycles. The normalized spacial score (nSPS) is 38.3. The molecule has 0 spiro atoms. The van der Waals surface area contributed by atoms with Gasteiger partial charge in [-0.3, -0.25) is 9.59 Å². The van der Waals surface area contributed by atoms with Crippen LogP contribution in [0.15, 0.2) is 53.4 Å². The molecule has 1 aromatic carbocycles. The van der Waals surface area contributed by atoms with Gasteiger partial charge in [-0.2, -0.15) is 0 Å². The largest absolute Gasteiger partial charge is 0.390 e. The number of hydrogen-bond donors (Lipinski definition) is 2. The molecule has 3 saturated carbocycles. The molecule has 1 aromatic heterocycles. The van der Waals surface area contributed by atoms with E-state index in [-0.39, 0.29) is 53.0 Å². The van der Waals surface area contributed by atoms with Crippen molar-refractivity contribution in [2.24, 2.45) is 28.6 Å². The maximum Gasteiger partial charge on any atom is 0.226 e. The van der Waals surface area contributed by atoms with Crippen LogP contribution in [0, 0.1) is 34.4 Å². The van der Waals surface area contributed by atoms with E-state index < -0.39 is 17.2 Å². The lowest BCUT2D eigenvalue weighted by molar-refractivity contribution is -0.191. The molecule has 1 heterocycles. The average molecular weight is 567 g/mol. The van der Waals surface area contributed by atoms with Crippen molar-refractivity contribution < 1.29 is 23.5 Å². The molecule has 0 bridgehead atoms. The first-order valence-corrected chi connectivity index (χ1v) is 15.1. The van der Waals surface area contributed by atoms with Gasteiger partial charge < -0.3 is 10.4 Å². The van der Waals surface area contributed by atoms with Crippen LogP contribution in [0.5, 0.6) is 0 Å². The number of aryl methyl sites for hydroxylation is 1. The van der Waals surface area contributed by atoms with Gasteiger partial charge in [-0.15, -0.1) is 11.3 Å². The van der Waals surface area contributed by atoms with Crippen LogP contribution in [0.25, 0.3) is 0 Å². The van der Waals surface area contributed by atoms with E-state index in [1.165, 1.54) is 29.5 Å². The highest BCUT2D eigenvalue weighted by molar-refractivity contribution is 7.13. The van der Waals surface area contributed by atoms with Crippen molar-refractivity contribution in [2.75, 3.05) is 5.32 Å². The Kier molecular flexibility index (Phi) is 6.65. The molecule has 0 saturated heterocycles. The number of alkyl halides is 1. The number of ketones is 1. The Bertz CT molecular complexity index is 1400. The zero-order chi connectivity index (χ0) is 28.4. The summed E-state index contributed by atoms with van der Waals surface area (Å²) in [7, 11) is 0.